The molecule has 5 rings (SSSR count). The van der Waals surface area contributed by atoms with Crippen LogP contribution in [0.1, 0.15) is 47.6 Å². The van der Waals surface area contributed by atoms with Crippen LogP contribution in [-0.4, -0.2) is 41.5 Å². The number of carbonyl (C=O) groups excluding carboxylic acids is 2. The number of nitrogens with zero attached hydrogens (tertiary/aromatic N) is 2. The van der Waals surface area contributed by atoms with Gasteiger partial charge >= 0.3 is 0 Å². The number of benzene rings is 2. The fourth-order valence-electron chi connectivity index (χ4n) is 4.98. The molecule has 3 heterocycles. The summed E-state index contributed by atoms with van der Waals surface area (Å²) < 4.78 is 0. The van der Waals surface area contributed by atoms with Crippen LogP contribution in [0.25, 0.3) is 0 Å². The molecule has 0 aliphatic carbocycles. The Bertz CT molecular complexity index is 1010. The molecule has 0 saturated carbocycles. The minimum atomic E-state index is -0.814. The SMILES string of the molecule is Cc1ccc(NC(=O)[C@H](c2cc3c4c(c2O)CCCN4CCC3)N2CCC2=O)cc1. The second kappa shape index (κ2) is 7.35. The van der Waals surface area contributed by atoms with Gasteiger partial charge in [0.2, 0.25) is 5.91 Å². The molecule has 1 fully saturated rings. The smallest absolute Gasteiger partial charge is 0.251 e. The number of anilines is 2. The van der Waals surface area contributed by atoms with Crippen molar-refractivity contribution < 1.29 is 14.7 Å². The fraction of sp³-hybridized carbons (Fsp3) is 0.417. The van der Waals surface area contributed by atoms with Gasteiger partial charge in [-0.3, -0.25) is 9.59 Å². The molecule has 0 aromatic heterocycles. The second-order valence-corrected chi connectivity index (χ2v) is 8.59. The van der Waals surface area contributed by atoms with Gasteiger partial charge in [0, 0.05) is 48.6 Å². The Morgan fingerprint density at radius 3 is 2.47 bits per heavy atom. The van der Waals surface area contributed by atoms with E-state index in [1.165, 1.54) is 5.56 Å². The van der Waals surface area contributed by atoms with E-state index >= 15 is 0 Å². The lowest BCUT2D eigenvalue weighted by Gasteiger charge is -2.41. The van der Waals surface area contributed by atoms with E-state index in [9.17, 15) is 14.7 Å². The summed E-state index contributed by atoms with van der Waals surface area (Å²) in [5, 5.41) is 14.2. The maximum Gasteiger partial charge on any atom is 0.251 e. The van der Waals surface area contributed by atoms with Crippen LogP contribution in [0.3, 0.4) is 0 Å². The van der Waals surface area contributed by atoms with E-state index in [4.69, 9.17) is 0 Å². The van der Waals surface area contributed by atoms with Crippen molar-refractivity contribution in [3.8, 4) is 5.75 Å². The molecule has 6 heteroatoms. The Hall–Kier alpha value is -3.02. The van der Waals surface area contributed by atoms with Crippen LogP contribution in [0.2, 0.25) is 0 Å². The van der Waals surface area contributed by atoms with Gasteiger partial charge < -0.3 is 20.2 Å². The van der Waals surface area contributed by atoms with Gasteiger partial charge in [-0.2, -0.15) is 0 Å². The molecule has 0 bridgehead atoms. The van der Waals surface area contributed by atoms with Crippen molar-refractivity contribution in [3.05, 3.63) is 52.6 Å². The van der Waals surface area contributed by atoms with Gasteiger partial charge in [0.15, 0.2) is 0 Å². The molecule has 30 heavy (non-hydrogen) atoms. The molecule has 0 unspecified atom stereocenters. The molecule has 3 aliphatic rings. The van der Waals surface area contributed by atoms with E-state index in [1.54, 1.807) is 4.90 Å². The average Bonchev–Trinajstić information content (AvgIpc) is 2.75. The maximum atomic E-state index is 13.3. The predicted octanol–water partition coefficient (Wildman–Crippen LogP) is 3.31. The molecule has 2 amide bonds. The molecule has 0 radical (unpaired) electrons. The number of rotatable bonds is 4. The predicted molar refractivity (Wildman–Crippen MR) is 116 cm³/mol. The highest BCUT2D eigenvalue weighted by Gasteiger charge is 2.40. The molecule has 1 atom stereocenters. The van der Waals surface area contributed by atoms with Crippen molar-refractivity contribution in [1.29, 1.82) is 0 Å². The Balaban J connectivity index is 1.56. The molecule has 0 spiro atoms. The first kappa shape index (κ1) is 19.0. The molecule has 2 aromatic rings. The molecular formula is C24H27N3O3. The number of likely N-dealkylation sites (tertiary alicyclic amines) is 1. The van der Waals surface area contributed by atoms with Gasteiger partial charge in [-0.05, 0) is 56.4 Å². The summed E-state index contributed by atoms with van der Waals surface area (Å²) in [4.78, 5) is 29.6. The highest BCUT2D eigenvalue weighted by atomic mass is 16.3. The fourth-order valence-corrected chi connectivity index (χ4v) is 4.98. The first-order valence-corrected chi connectivity index (χ1v) is 10.8. The lowest BCUT2D eigenvalue weighted by Crippen LogP contribution is -2.49. The number of nitrogens with one attached hydrogen (secondary N) is 1. The van der Waals surface area contributed by atoms with E-state index in [1.807, 2.05) is 37.3 Å². The summed E-state index contributed by atoms with van der Waals surface area (Å²) in [6.45, 7) is 4.55. The number of phenolic OH excluding ortho intramolecular Hbond substituents is 1. The monoisotopic (exact) mass is 405 g/mol. The molecule has 2 N–H and O–H groups in total. The van der Waals surface area contributed by atoms with Crippen molar-refractivity contribution in [3.63, 3.8) is 0 Å². The highest BCUT2D eigenvalue weighted by molar-refractivity contribution is 5.99. The van der Waals surface area contributed by atoms with E-state index in [0.717, 1.165) is 55.6 Å². The molecule has 6 nitrogen and oxygen atoms in total. The number of hydrogen-bond donors (Lipinski definition) is 2. The van der Waals surface area contributed by atoms with E-state index in [0.29, 0.717) is 24.2 Å². The Labute approximate surface area is 176 Å². The lowest BCUT2D eigenvalue weighted by molar-refractivity contribution is -0.147. The summed E-state index contributed by atoms with van der Waals surface area (Å²) in [5.41, 5.74) is 5.64. The Kier molecular flexibility index (Phi) is 4.65. The van der Waals surface area contributed by atoms with Crippen LogP contribution in [0.4, 0.5) is 11.4 Å². The molecule has 3 aliphatic heterocycles. The number of amides is 2. The normalized spacial score (nSPS) is 18.5. The van der Waals surface area contributed by atoms with Crippen LogP contribution in [0.15, 0.2) is 30.3 Å². The number of β-lactam (4-membered cyclic amide) rings is 1. The van der Waals surface area contributed by atoms with Gasteiger partial charge in [0.05, 0.1) is 0 Å². The molecular weight excluding hydrogens is 378 g/mol. The summed E-state index contributed by atoms with van der Waals surface area (Å²) >= 11 is 0. The zero-order valence-corrected chi connectivity index (χ0v) is 17.3. The van der Waals surface area contributed by atoms with Gasteiger partial charge in [0.25, 0.3) is 5.91 Å². The van der Waals surface area contributed by atoms with Crippen LogP contribution in [-0.2, 0) is 22.4 Å². The summed E-state index contributed by atoms with van der Waals surface area (Å²) in [5.74, 6) is -0.145. The zero-order chi connectivity index (χ0) is 20.8. The lowest BCUT2D eigenvalue weighted by atomic mass is 9.86. The van der Waals surface area contributed by atoms with Crippen LogP contribution in [0, 0.1) is 6.92 Å². The van der Waals surface area contributed by atoms with Crippen LogP contribution >= 0.6 is 0 Å². The van der Waals surface area contributed by atoms with Gasteiger partial charge in [-0.15, -0.1) is 0 Å². The van der Waals surface area contributed by atoms with Crippen molar-refractivity contribution in [2.45, 2.75) is 45.1 Å². The third-order valence-corrected chi connectivity index (χ3v) is 6.58. The van der Waals surface area contributed by atoms with Crippen molar-refractivity contribution in [2.75, 3.05) is 29.9 Å². The standard InChI is InChI=1S/C24H27N3O3/c1-15-6-8-17(9-7-15)25-24(30)22(27-13-10-20(27)28)19-14-16-4-2-11-26-12-3-5-18(21(16)26)23(19)29/h6-9,14,22,29H,2-5,10-13H2,1H3,(H,25,30)/t22-/m0/s1. The minimum Gasteiger partial charge on any atom is -0.507 e. The Morgan fingerprint density at radius 1 is 1.07 bits per heavy atom. The summed E-state index contributed by atoms with van der Waals surface area (Å²) in [7, 11) is 0. The van der Waals surface area contributed by atoms with E-state index < -0.39 is 6.04 Å². The van der Waals surface area contributed by atoms with Crippen molar-refractivity contribution >= 4 is 23.2 Å². The number of hydrogen-bond acceptors (Lipinski definition) is 4. The first-order chi connectivity index (χ1) is 14.5. The number of aryl methyl sites for hydroxylation is 2. The van der Waals surface area contributed by atoms with Crippen LogP contribution < -0.4 is 10.2 Å². The van der Waals surface area contributed by atoms with Crippen molar-refractivity contribution in [1.82, 2.24) is 4.90 Å². The average molecular weight is 405 g/mol. The topological polar surface area (TPSA) is 72.9 Å². The van der Waals surface area contributed by atoms with E-state index in [2.05, 4.69) is 10.2 Å². The van der Waals surface area contributed by atoms with E-state index in [-0.39, 0.29) is 17.6 Å². The highest BCUT2D eigenvalue weighted by Crippen LogP contribution is 2.45. The first-order valence-electron chi connectivity index (χ1n) is 10.8. The van der Waals surface area contributed by atoms with Gasteiger partial charge in [-0.1, -0.05) is 17.7 Å². The third kappa shape index (κ3) is 3.11. The van der Waals surface area contributed by atoms with Crippen molar-refractivity contribution in [2.24, 2.45) is 0 Å². The number of carbonyl (C=O) groups is 2. The minimum absolute atomic E-state index is 0.0496. The summed E-state index contributed by atoms with van der Waals surface area (Å²) in [6.07, 6.45) is 4.25. The summed E-state index contributed by atoms with van der Waals surface area (Å²) in [6, 6.07) is 8.75. The maximum absolute atomic E-state index is 13.3. The van der Waals surface area contributed by atoms with Gasteiger partial charge in [0.1, 0.15) is 11.8 Å². The number of aromatic hydroxyl groups is 1. The Morgan fingerprint density at radius 2 is 1.80 bits per heavy atom. The second-order valence-electron chi connectivity index (χ2n) is 8.59. The molecule has 156 valence electrons. The molecule has 2 aromatic carbocycles. The van der Waals surface area contributed by atoms with Crippen LogP contribution in [0.5, 0.6) is 5.75 Å². The quantitative estimate of drug-likeness (QED) is 0.766. The number of phenols is 1. The largest absolute Gasteiger partial charge is 0.507 e. The zero-order valence-electron chi connectivity index (χ0n) is 17.3. The van der Waals surface area contributed by atoms with Gasteiger partial charge in [-0.25, -0.2) is 0 Å². The third-order valence-electron chi connectivity index (χ3n) is 6.58. The molecule has 1 saturated heterocycles.